The quantitative estimate of drug-likeness (QED) is 0.899. The number of carbonyl (C=O) groups is 2. The summed E-state index contributed by atoms with van der Waals surface area (Å²) < 4.78 is 6.11. The first-order valence-electron chi connectivity index (χ1n) is 6.85. The summed E-state index contributed by atoms with van der Waals surface area (Å²) in [5, 5.41) is 8.96. The number of carbonyl (C=O) groups excluding carboxylic acids is 1. The Morgan fingerprint density at radius 1 is 1.48 bits per heavy atom. The molecule has 1 amide bonds. The third kappa shape index (κ3) is 4.04. The van der Waals surface area contributed by atoms with Gasteiger partial charge in [-0.3, -0.25) is 4.79 Å². The Morgan fingerprint density at radius 3 is 2.86 bits per heavy atom. The van der Waals surface area contributed by atoms with Crippen LogP contribution < -0.4 is 0 Å². The second-order valence-electron chi connectivity index (χ2n) is 5.16. The number of carboxylic acids is 1. The van der Waals surface area contributed by atoms with Gasteiger partial charge in [0, 0.05) is 17.4 Å². The molecule has 0 radical (unpaired) electrons. The van der Waals surface area contributed by atoms with Gasteiger partial charge in [0.1, 0.15) is 0 Å². The molecule has 1 aliphatic rings. The van der Waals surface area contributed by atoms with E-state index >= 15 is 0 Å². The van der Waals surface area contributed by atoms with E-state index in [1.54, 1.807) is 4.90 Å². The molecule has 0 saturated carbocycles. The largest absolute Gasteiger partial charge is 0.479 e. The summed E-state index contributed by atoms with van der Waals surface area (Å²) in [7, 11) is 0. The number of rotatable bonds is 4. The van der Waals surface area contributed by atoms with Gasteiger partial charge >= 0.3 is 5.97 Å². The molecule has 1 fully saturated rings. The summed E-state index contributed by atoms with van der Waals surface area (Å²) in [5.74, 6) is -0.988. The van der Waals surface area contributed by atoms with Crippen molar-refractivity contribution >= 4 is 27.8 Å². The molecule has 2 rings (SSSR count). The summed E-state index contributed by atoms with van der Waals surface area (Å²) >= 11 is 3.49. The highest BCUT2D eigenvalue weighted by Gasteiger charge is 2.29. The van der Waals surface area contributed by atoms with Gasteiger partial charge in [-0.2, -0.15) is 0 Å². The van der Waals surface area contributed by atoms with Crippen molar-refractivity contribution in [3.63, 3.8) is 0 Å². The van der Waals surface area contributed by atoms with Crippen LogP contribution in [0.25, 0.3) is 0 Å². The van der Waals surface area contributed by atoms with Crippen molar-refractivity contribution < 1.29 is 19.4 Å². The van der Waals surface area contributed by atoms with E-state index < -0.39 is 12.1 Å². The lowest BCUT2D eigenvalue weighted by Crippen LogP contribution is -2.48. The molecule has 1 aromatic rings. The van der Waals surface area contributed by atoms with E-state index in [1.807, 2.05) is 31.2 Å². The Kier molecular flexibility index (Phi) is 5.36. The molecule has 0 bridgehead atoms. The lowest BCUT2D eigenvalue weighted by atomic mass is 9.97. The molecule has 21 heavy (non-hydrogen) atoms. The number of carboxylic acid groups (broad SMARTS) is 1. The minimum Gasteiger partial charge on any atom is -0.479 e. The summed E-state index contributed by atoms with van der Waals surface area (Å²) in [4.78, 5) is 24.8. The zero-order chi connectivity index (χ0) is 15.4. The molecule has 1 heterocycles. The van der Waals surface area contributed by atoms with E-state index in [1.165, 1.54) is 0 Å². The van der Waals surface area contributed by atoms with Crippen molar-refractivity contribution in [2.45, 2.75) is 25.4 Å². The van der Waals surface area contributed by atoms with E-state index in [-0.39, 0.29) is 25.0 Å². The van der Waals surface area contributed by atoms with Crippen molar-refractivity contribution in [1.82, 2.24) is 4.90 Å². The van der Waals surface area contributed by atoms with Gasteiger partial charge in [-0.15, -0.1) is 0 Å². The van der Waals surface area contributed by atoms with E-state index in [0.717, 1.165) is 10.0 Å². The molecule has 0 unspecified atom stereocenters. The predicted molar refractivity (Wildman–Crippen MR) is 81.1 cm³/mol. The molecule has 1 N–H and O–H groups in total. The van der Waals surface area contributed by atoms with Crippen LogP contribution in [0.5, 0.6) is 0 Å². The second kappa shape index (κ2) is 7.04. The first-order chi connectivity index (χ1) is 9.99. The molecule has 0 aromatic heterocycles. The van der Waals surface area contributed by atoms with Gasteiger partial charge < -0.3 is 14.7 Å². The molecule has 0 aliphatic carbocycles. The first kappa shape index (κ1) is 16.0. The molecule has 5 nitrogen and oxygen atoms in total. The third-order valence-corrected chi connectivity index (χ3v) is 4.33. The maximum absolute atomic E-state index is 12.3. The van der Waals surface area contributed by atoms with E-state index in [9.17, 15) is 9.59 Å². The normalized spacial score (nSPS) is 20.1. The number of morpholine rings is 1. The summed E-state index contributed by atoms with van der Waals surface area (Å²) in [6, 6.07) is 7.81. The van der Waals surface area contributed by atoms with Crippen molar-refractivity contribution in [1.29, 1.82) is 0 Å². The lowest BCUT2D eigenvalue weighted by molar-refractivity contribution is -0.159. The van der Waals surface area contributed by atoms with E-state index in [2.05, 4.69) is 15.9 Å². The standard InChI is InChI=1S/C15H18BrNO4/c1-10(11-4-2-3-5-12(11)16)8-14(18)17-6-7-21-13(9-17)15(19)20/h2-5,10,13H,6-9H2,1H3,(H,19,20)/t10-,13-/m1/s1. The fourth-order valence-corrected chi connectivity index (χ4v) is 3.08. The van der Waals surface area contributed by atoms with Crippen molar-refractivity contribution in [2.75, 3.05) is 19.7 Å². The highest BCUT2D eigenvalue weighted by molar-refractivity contribution is 9.10. The zero-order valence-electron chi connectivity index (χ0n) is 11.8. The van der Waals surface area contributed by atoms with Gasteiger partial charge in [0.15, 0.2) is 6.10 Å². The van der Waals surface area contributed by atoms with Crippen LogP contribution in [-0.2, 0) is 14.3 Å². The number of hydrogen-bond donors (Lipinski definition) is 1. The average molecular weight is 356 g/mol. The maximum Gasteiger partial charge on any atom is 0.334 e. The Morgan fingerprint density at radius 2 is 2.19 bits per heavy atom. The van der Waals surface area contributed by atoms with Gasteiger partial charge in [0.25, 0.3) is 0 Å². The number of amides is 1. The van der Waals surface area contributed by atoms with Gasteiger partial charge in [-0.05, 0) is 17.5 Å². The smallest absolute Gasteiger partial charge is 0.334 e. The third-order valence-electron chi connectivity index (χ3n) is 3.61. The molecule has 6 heteroatoms. The Balaban J connectivity index is 1.98. The summed E-state index contributed by atoms with van der Waals surface area (Å²) in [6.45, 7) is 2.83. The highest BCUT2D eigenvalue weighted by atomic mass is 79.9. The van der Waals surface area contributed by atoms with Crippen molar-refractivity contribution in [3.05, 3.63) is 34.3 Å². The molecular formula is C15H18BrNO4. The number of halogens is 1. The van der Waals surface area contributed by atoms with Crippen LogP contribution in [0, 0.1) is 0 Å². The predicted octanol–water partition coefficient (Wildman–Crippen LogP) is 2.25. The van der Waals surface area contributed by atoms with Crippen LogP contribution >= 0.6 is 15.9 Å². The molecule has 1 aromatic carbocycles. The fourth-order valence-electron chi connectivity index (χ4n) is 2.40. The number of hydrogen-bond acceptors (Lipinski definition) is 3. The van der Waals surface area contributed by atoms with Gasteiger partial charge in [0.2, 0.25) is 5.91 Å². The summed E-state index contributed by atoms with van der Waals surface area (Å²) in [5.41, 5.74) is 1.08. The van der Waals surface area contributed by atoms with Crippen LogP contribution in [0.3, 0.4) is 0 Å². The topological polar surface area (TPSA) is 66.8 Å². The van der Waals surface area contributed by atoms with Gasteiger partial charge in [0.05, 0.1) is 13.2 Å². The number of benzene rings is 1. The van der Waals surface area contributed by atoms with E-state index in [0.29, 0.717) is 13.0 Å². The fraction of sp³-hybridized carbons (Fsp3) is 0.467. The zero-order valence-corrected chi connectivity index (χ0v) is 13.4. The molecule has 114 valence electrons. The summed E-state index contributed by atoms with van der Waals surface area (Å²) in [6.07, 6.45) is -0.559. The molecule has 2 atom stereocenters. The number of aliphatic carboxylic acids is 1. The van der Waals surface area contributed by atoms with Crippen molar-refractivity contribution in [2.24, 2.45) is 0 Å². The monoisotopic (exact) mass is 355 g/mol. The van der Waals surface area contributed by atoms with Crippen LogP contribution in [0.2, 0.25) is 0 Å². The number of nitrogens with zero attached hydrogens (tertiary/aromatic N) is 1. The van der Waals surface area contributed by atoms with Gasteiger partial charge in [-0.1, -0.05) is 41.1 Å². The Hall–Kier alpha value is -1.40. The van der Waals surface area contributed by atoms with Crippen LogP contribution in [0.4, 0.5) is 0 Å². The van der Waals surface area contributed by atoms with Crippen LogP contribution in [0.15, 0.2) is 28.7 Å². The SMILES string of the molecule is C[C@H](CC(=O)N1CCO[C@@H](C(=O)O)C1)c1ccccc1Br. The average Bonchev–Trinajstić information content (AvgIpc) is 2.47. The highest BCUT2D eigenvalue weighted by Crippen LogP contribution is 2.27. The maximum atomic E-state index is 12.3. The lowest BCUT2D eigenvalue weighted by Gasteiger charge is -2.31. The van der Waals surface area contributed by atoms with Crippen LogP contribution in [0.1, 0.15) is 24.8 Å². The minimum absolute atomic E-state index is 0.0344. The Bertz CT molecular complexity index is 534. The molecule has 0 spiro atoms. The van der Waals surface area contributed by atoms with Crippen LogP contribution in [-0.4, -0.2) is 47.7 Å². The van der Waals surface area contributed by atoms with Gasteiger partial charge in [-0.25, -0.2) is 4.79 Å². The second-order valence-corrected chi connectivity index (χ2v) is 6.02. The molecule has 1 aliphatic heterocycles. The first-order valence-corrected chi connectivity index (χ1v) is 7.65. The van der Waals surface area contributed by atoms with E-state index in [4.69, 9.17) is 9.84 Å². The molecular weight excluding hydrogens is 338 g/mol. The molecule has 1 saturated heterocycles. The Labute approximate surface area is 132 Å². The number of ether oxygens (including phenoxy) is 1. The van der Waals surface area contributed by atoms with Crippen molar-refractivity contribution in [3.8, 4) is 0 Å². The minimum atomic E-state index is -1.02.